The lowest BCUT2D eigenvalue weighted by atomic mass is 10.1. The fourth-order valence-corrected chi connectivity index (χ4v) is 3.49. The first-order valence-corrected chi connectivity index (χ1v) is 8.78. The summed E-state index contributed by atoms with van der Waals surface area (Å²) in [4.78, 5) is 11.4. The van der Waals surface area contributed by atoms with E-state index in [1.807, 2.05) is 35.6 Å². The molecule has 126 valence electrons. The summed E-state index contributed by atoms with van der Waals surface area (Å²) in [6, 6.07) is 10.1. The first-order chi connectivity index (χ1) is 11.6. The highest BCUT2D eigenvalue weighted by Gasteiger charge is 2.16. The Kier molecular flexibility index (Phi) is 5.01. The number of pyridine rings is 1. The third kappa shape index (κ3) is 3.37. The summed E-state index contributed by atoms with van der Waals surface area (Å²) in [5.41, 5.74) is 2.94. The third-order valence-electron chi connectivity index (χ3n) is 3.69. The maximum atomic E-state index is 11.4. The third-order valence-corrected chi connectivity index (χ3v) is 4.76. The van der Waals surface area contributed by atoms with Gasteiger partial charge in [-0.2, -0.15) is 0 Å². The zero-order chi connectivity index (χ0) is 17.1. The summed E-state index contributed by atoms with van der Waals surface area (Å²) in [6.07, 6.45) is -0.796. The molecule has 3 aromatic rings. The number of para-hydroxylation sites is 1. The van der Waals surface area contributed by atoms with E-state index < -0.39 is 12.1 Å². The normalized spacial score (nSPS) is 12.6. The second-order valence-corrected chi connectivity index (χ2v) is 6.48. The predicted molar refractivity (Wildman–Crippen MR) is 93.2 cm³/mol. The van der Waals surface area contributed by atoms with Crippen molar-refractivity contribution in [1.82, 2.24) is 14.6 Å². The molecule has 1 aromatic carbocycles. The van der Waals surface area contributed by atoms with E-state index in [4.69, 9.17) is 4.74 Å². The van der Waals surface area contributed by atoms with Crippen molar-refractivity contribution in [3.8, 4) is 0 Å². The number of rotatable bonds is 6. The molecule has 0 spiro atoms. The van der Waals surface area contributed by atoms with Crippen molar-refractivity contribution in [2.45, 2.75) is 31.5 Å². The van der Waals surface area contributed by atoms with Gasteiger partial charge in [0, 0.05) is 11.1 Å². The molecule has 0 saturated heterocycles. The highest BCUT2D eigenvalue weighted by Crippen LogP contribution is 2.26. The molecular weight excluding hydrogens is 326 g/mol. The number of hydrogen-bond donors (Lipinski definition) is 1. The fourth-order valence-electron chi connectivity index (χ4n) is 2.61. The number of aryl methyl sites for hydroxylation is 1. The van der Waals surface area contributed by atoms with Crippen LogP contribution < -0.4 is 0 Å². The molecule has 7 heteroatoms. The maximum Gasteiger partial charge on any atom is 0.308 e. The number of hydrogen-bond acceptors (Lipinski definition) is 6. The van der Waals surface area contributed by atoms with Crippen LogP contribution in [0.3, 0.4) is 0 Å². The Morgan fingerprint density at radius 2 is 2.17 bits per heavy atom. The Morgan fingerprint density at radius 3 is 2.96 bits per heavy atom. The van der Waals surface area contributed by atoms with Gasteiger partial charge < -0.3 is 9.84 Å². The van der Waals surface area contributed by atoms with Gasteiger partial charge in [0.15, 0.2) is 10.8 Å². The topological polar surface area (TPSA) is 76.7 Å². The molecule has 1 unspecified atom stereocenters. The second kappa shape index (κ2) is 7.19. The summed E-state index contributed by atoms with van der Waals surface area (Å²) in [5, 5.41) is 20.3. The quantitative estimate of drug-likeness (QED) is 0.547. The van der Waals surface area contributed by atoms with Gasteiger partial charge in [0.2, 0.25) is 0 Å². The number of aliphatic hydroxyl groups is 1. The standard InChI is InChI=1S/C17H19N3O3S/c1-3-23-16(22)9-12(21)10-24-17-19-18-15-8-11(2)13-6-4-5-7-14(13)20(15)17/h4-8,12,21H,3,9-10H2,1-2H3. The van der Waals surface area contributed by atoms with E-state index in [0.29, 0.717) is 17.5 Å². The zero-order valence-corrected chi connectivity index (χ0v) is 14.4. The summed E-state index contributed by atoms with van der Waals surface area (Å²) in [6.45, 7) is 4.11. The molecule has 0 radical (unpaired) electrons. The van der Waals surface area contributed by atoms with Gasteiger partial charge in [-0.15, -0.1) is 10.2 Å². The lowest BCUT2D eigenvalue weighted by Crippen LogP contribution is -2.18. The first kappa shape index (κ1) is 16.7. The van der Waals surface area contributed by atoms with E-state index in [0.717, 1.165) is 22.1 Å². The van der Waals surface area contributed by atoms with E-state index in [2.05, 4.69) is 16.3 Å². The number of carbonyl (C=O) groups excluding carboxylic acids is 1. The van der Waals surface area contributed by atoms with Crippen molar-refractivity contribution < 1.29 is 14.6 Å². The van der Waals surface area contributed by atoms with Crippen molar-refractivity contribution in [1.29, 1.82) is 0 Å². The minimum absolute atomic E-state index is 0.0164. The Hall–Kier alpha value is -2.12. The smallest absolute Gasteiger partial charge is 0.308 e. The lowest BCUT2D eigenvalue weighted by molar-refractivity contribution is -0.144. The van der Waals surface area contributed by atoms with Crippen molar-refractivity contribution in [2.75, 3.05) is 12.4 Å². The fraction of sp³-hybridized carbons (Fsp3) is 0.353. The molecule has 1 atom stereocenters. The summed E-state index contributed by atoms with van der Waals surface area (Å²) >= 11 is 1.38. The molecule has 1 N–H and O–H groups in total. The molecule has 3 rings (SSSR count). The van der Waals surface area contributed by atoms with Crippen molar-refractivity contribution in [2.24, 2.45) is 0 Å². The zero-order valence-electron chi connectivity index (χ0n) is 13.6. The molecule has 2 aromatic heterocycles. The van der Waals surface area contributed by atoms with Crippen LogP contribution in [0.15, 0.2) is 35.5 Å². The van der Waals surface area contributed by atoms with Crippen LogP contribution in [0.2, 0.25) is 0 Å². The van der Waals surface area contributed by atoms with Crippen LogP contribution in [0.1, 0.15) is 18.9 Å². The van der Waals surface area contributed by atoms with Crippen LogP contribution >= 0.6 is 11.8 Å². The van der Waals surface area contributed by atoms with E-state index in [1.54, 1.807) is 6.92 Å². The summed E-state index contributed by atoms with van der Waals surface area (Å²) < 4.78 is 6.83. The molecule has 0 aliphatic carbocycles. The molecule has 0 aliphatic heterocycles. The Balaban J connectivity index is 1.83. The molecule has 0 saturated carbocycles. The maximum absolute atomic E-state index is 11.4. The number of fused-ring (bicyclic) bond motifs is 3. The van der Waals surface area contributed by atoms with Crippen LogP contribution in [0.4, 0.5) is 0 Å². The predicted octanol–water partition coefficient (Wildman–Crippen LogP) is 2.60. The minimum Gasteiger partial charge on any atom is -0.466 e. The van der Waals surface area contributed by atoms with Crippen LogP contribution in [0.5, 0.6) is 0 Å². The minimum atomic E-state index is -0.780. The largest absolute Gasteiger partial charge is 0.466 e. The Morgan fingerprint density at radius 1 is 1.38 bits per heavy atom. The molecule has 0 fully saturated rings. The summed E-state index contributed by atoms with van der Waals surface area (Å²) in [5.74, 6) is -0.0419. The van der Waals surface area contributed by atoms with Gasteiger partial charge in [0.25, 0.3) is 0 Å². The van der Waals surface area contributed by atoms with Crippen LogP contribution in [-0.4, -0.2) is 44.1 Å². The number of benzene rings is 1. The number of aliphatic hydroxyl groups excluding tert-OH is 1. The lowest BCUT2D eigenvalue weighted by Gasteiger charge is -2.10. The van der Waals surface area contributed by atoms with Crippen molar-refractivity contribution >= 4 is 34.3 Å². The molecule has 24 heavy (non-hydrogen) atoms. The SMILES string of the molecule is CCOC(=O)CC(O)CSc1nnc2cc(C)c3ccccc3n12. The summed E-state index contributed by atoms with van der Waals surface area (Å²) in [7, 11) is 0. The number of esters is 1. The van der Waals surface area contributed by atoms with Gasteiger partial charge in [-0.3, -0.25) is 9.20 Å². The van der Waals surface area contributed by atoms with Gasteiger partial charge >= 0.3 is 5.97 Å². The van der Waals surface area contributed by atoms with Gasteiger partial charge in [0.05, 0.1) is 24.6 Å². The first-order valence-electron chi connectivity index (χ1n) is 7.80. The number of aromatic nitrogens is 3. The van der Waals surface area contributed by atoms with Gasteiger partial charge in [-0.25, -0.2) is 0 Å². The highest BCUT2D eigenvalue weighted by atomic mass is 32.2. The highest BCUT2D eigenvalue weighted by molar-refractivity contribution is 7.99. The molecular formula is C17H19N3O3S. The average Bonchev–Trinajstić information content (AvgIpc) is 2.96. The van der Waals surface area contributed by atoms with Gasteiger partial charge in [-0.05, 0) is 31.5 Å². The monoisotopic (exact) mass is 345 g/mol. The number of carbonyl (C=O) groups is 1. The molecule has 6 nitrogen and oxygen atoms in total. The van der Waals surface area contributed by atoms with Gasteiger partial charge in [-0.1, -0.05) is 30.0 Å². The number of nitrogens with zero attached hydrogens (tertiary/aromatic N) is 3. The molecule has 0 bridgehead atoms. The van der Waals surface area contributed by atoms with E-state index in [9.17, 15) is 9.90 Å². The van der Waals surface area contributed by atoms with Crippen molar-refractivity contribution in [3.05, 3.63) is 35.9 Å². The number of thioether (sulfide) groups is 1. The van der Waals surface area contributed by atoms with E-state index >= 15 is 0 Å². The van der Waals surface area contributed by atoms with Crippen LogP contribution in [-0.2, 0) is 9.53 Å². The van der Waals surface area contributed by atoms with Crippen LogP contribution in [0, 0.1) is 6.92 Å². The van der Waals surface area contributed by atoms with Gasteiger partial charge in [0.1, 0.15) is 0 Å². The molecule has 2 heterocycles. The van der Waals surface area contributed by atoms with E-state index in [-0.39, 0.29) is 6.42 Å². The number of ether oxygens (including phenoxy) is 1. The molecule has 0 aliphatic rings. The van der Waals surface area contributed by atoms with Crippen LogP contribution in [0.25, 0.3) is 16.6 Å². The van der Waals surface area contributed by atoms with Crippen molar-refractivity contribution in [3.63, 3.8) is 0 Å². The Bertz CT molecular complexity index is 878. The second-order valence-electron chi connectivity index (χ2n) is 5.49. The molecule has 0 amide bonds. The Labute approximate surface area is 143 Å². The average molecular weight is 345 g/mol. The van der Waals surface area contributed by atoms with E-state index in [1.165, 1.54) is 11.8 Å².